The quantitative estimate of drug-likeness (QED) is 0.623. The molecule has 3 nitrogen and oxygen atoms in total. The summed E-state index contributed by atoms with van der Waals surface area (Å²) in [5, 5.41) is 0. The van der Waals surface area contributed by atoms with Crippen molar-refractivity contribution in [1.29, 1.82) is 0 Å². The standard InChI is InChI=1S/C17H21NO2/c1-12(14-6-4-3-5-7-14)18-16-9-8-15(10-16)17(18)11-20-13(2)19/h3-9,12,15-17H,10-11H2,1-2H3/t12-,15+,16-,17-/m0/s1. The van der Waals surface area contributed by atoms with Crippen molar-refractivity contribution >= 4 is 5.97 Å². The number of rotatable bonds is 4. The molecule has 0 unspecified atom stereocenters. The Bertz CT molecular complexity index is 511. The first kappa shape index (κ1) is 13.4. The molecule has 1 aliphatic carbocycles. The van der Waals surface area contributed by atoms with Crippen molar-refractivity contribution in [1.82, 2.24) is 4.90 Å². The molecular formula is C17H21NO2. The Morgan fingerprint density at radius 2 is 2.10 bits per heavy atom. The average Bonchev–Trinajstić information content (AvgIpc) is 3.06. The van der Waals surface area contributed by atoms with Gasteiger partial charge in [-0.05, 0) is 24.8 Å². The first-order valence-corrected chi connectivity index (χ1v) is 7.31. The van der Waals surface area contributed by atoms with Crippen LogP contribution in [0.2, 0.25) is 0 Å². The number of nitrogens with zero attached hydrogens (tertiary/aromatic N) is 1. The Kier molecular flexibility index (Phi) is 3.62. The molecule has 0 N–H and O–H groups in total. The highest BCUT2D eigenvalue weighted by Gasteiger charge is 2.45. The van der Waals surface area contributed by atoms with Crippen LogP contribution >= 0.6 is 0 Å². The van der Waals surface area contributed by atoms with Gasteiger partial charge < -0.3 is 4.74 Å². The summed E-state index contributed by atoms with van der Waals surface area (Å²) < 4.78 is 5.28. The predicted octanol–water partition coefficient (Wildman–Crippen LogP) is 2.94. The lowest BCUT2D eigenvalue weighted by atomic mass is 10.00. The largest absolute Gasteiger partial charge is 0.464 e. The summed E-state index contributed by atoms with van der Waals surface area (Å²) in [5.41, 5.74) is 1.32. The van der Waals surface area contributed by atoms with Gasteiger partial charge in [0.05, 0.1) is 6.04 Å². The van der Waals surface area contributed by atoms with Gasteiger partial charge in [-0.3, -0.25) is 9.69 Å². The molecule has 0 aromatic heterocycles. The second kappa shape index (κ2) is 5.41. The lowest BCUT2D eigenvalue weighted by molar-refractivity contribution is -0.143. The van der Waals surface area contributed by atoms with E-state index in [1.807, 2.05) is 6.07 Å². The first-order valence-electron chi connectivity index (χ1n) is 7.31. The molecule has 1 saturated heterocycles. The number of carbonyl (C=O) groups is 1. The highest BCUT2D eigenvalue weighted by Crippen LogP contribution is 2.42. The van der Waals surface area contributed by atoms with Crippen LogP contribution in [0.1, 0.15) is 31.9 Å². The van der Waals surface area contributed by atoms with Gasteiger partial charge in [0.15, 0.2) is 0 Å². The maximum atomic E-state index is 11.1. The number of benzene rings is 1. The third-order valence-electron chi connectivity index (χ3n) is 4.54. The lowest BCUT2D eigenvalue weighted by Gasteiger charge is -2.37. The van der Waals surface area contributed by atoms with Crippen LogP contribution in [0.3, 0.4) is 0 Å². The van der Waals surface area contributed by atoms with Crippen molar-refractivity contribution in [3.63, 3.8) is 0 Å². The van der Waals surface area contributed by atoms with Crippen LogP contribution in [0.25, 0.3) is 0 Å². The van der Waals surface area contributed by atoms with E-state index in [1.165, 1.54) is 12.5 Å². The Balaban J connectivity index is 1.79. The highest BCUT2D eigenvalue weighted by molar-refractivity contribution is 5.65. The summed E-state index contributed by atoms with van der Waals surface area (Å²) in [4.78, 5) is 13.6. The fraction of sp³-hybridized carbons (Fsp3) is 0.471. The predicted molar refractivity (Wildman–Crippen MR) is 78.2 cm³/mol. The first-order chi connectivity index (χ1) is 9.66. The van der Waals surface area contributed by atoms with Gasteiger partial charge in [-0.15, -0.1) is 0 Å². The van der Waals surface area contributed by atoms with Gasteiger partial charge in [0, 0.05) is 19.0 Å². The minimum Gasteiger partial charge on any atom is -0.464 e. The number of ether oxygens (including phenoxy) is 1. The van der Waals surface area contributed by atoms with Crippen molar-refractivity contribution in [2.24, 2.45) is 5.92 Å². The van der Waals surface area contributed by atoms with Gasteiger partial charge in [0.25, 0.3) is 0 Å². The van der Waals surface area contributed by atoms with Crippen LogP contribution in [0, 0.1) is 5.92 Å². The van der Waals surface area contributed by atoms with E-state index in [-0.39, 0.29) is 5.97 Å². The van der Waals surface area contributed by atoms with E-state index >= 15 is 0 Å². The summed E-state index contributed by atoms with van der Waals surface area (Å²) >= 11 is 0. The van der Waals surface area contributed by atoms with E-state index in [9.17, 15) is 4.79 Å². The number of carbonyl (C=O) groups excluding carboxylic acids is 1. The normalized spacial score (nSPS) is 29.6. The molecule has 2 aliphatic rings. The van der Waals surface area contributed by atoms with Crippen LogP contribution in [-0.2, 0) is 9.53 Å². The molecule has 0 spiro atoms. The Morgan fingerprint density at radius 3 is 2.80 bits per heavy atom. The zero-order chi connectivity index (χ0) is 14.1. The van der Waals surface area contributed by atoms with Crippen LogP contribution in [-0.4, -0.2) is 29.6 Å². The van der Waals surface area contributed by atoms with Crippen molar-refractivity contribution < 1.29 is 9.53 Å². The Labute approximate surface area is 120 Å². The minimum atomic E-state index is -0.191. The van der Waals surface area contributed by atoms with E-state index in [1.54, 1.807) is 0 Å². The number of hydrogen-bond donors (Lipinski definition) is 0. The van der Waals surface area contributed by atoms with Gasteiger partial charge in [-0.2, -0.15) is 0 Å². The molecule has 3 rings (SSSR count). The van der Waals surface area contributed by atoms with Crippen molar-refractivity contribution in [2.75, 3.05) is 6.61 Å². The molecule has 4 atom stereocenters. The third-order valence-corrected chi connectivity index (χ3v) is 4.54. The maximum Gasteiger partial charge on any atom is 0.302 e. The maximum absolute atomic E-state index is 11.1. The number of fused-ring (bicyclic) bond motifs is 2. The fourth-order valence-corrected chi connectivity index (χ4v) is 3.57. The van der Waals surface area contributed by atoms with Gasteiger partial charge >= 0.3 is 5.97 Å². The fourth-order valence-electron chi connectivity index (χ4n) is 3.57. The van der Waals surface area contributed by atoms with Crippen LogP contribution < -0.4 is 0 Å². The van der Waals surface area contributed by atoms with E-state index in [0.29, 0.717) is 30.7 Å². The monoisotopic (exact) mass is 271 g/mol. The third kappa shape index (κ3) is 2.38. The summed E-state index contributed by atoms with van der Waals surface area (Å²) in [6.45, 7) is 4.22. The lowest BCUT2D eigenvalue weighted by Crippen LogP contribution is -2.43. The molecule has 1 aliphatic heterocycles. The van der Waals surface area contributed by atoms with E-state index < -0.39 is 0 Å². The smallest absolute Gasteiger partial charge is 0.302 e. The summed E-state index contributed by atoms with van der Waals surface area (Å²) in [7, 11) is 0. The van der Waals surface area contributed by atoms with E-state index in [0.717, 1.165) is 6.42 Å². The van der Waals surface area contributed by atoms with Gasteiger partial charge in [-0.25, -0.2) is 0 Å². The molecule has 0 saturated carbocycles. The number of likely N-dealkylation sites (tertiary alicyclic amines) is 1. The van der Waals surface area contributed by atoms with Crippen LogP contribution in [0.15, 0.2) is 42.5 Å². The summed E-state index contributed by atoms with van der Waals surface area (Å²) in [6.07, 6.45) is 5.74. The van der Waals surface area contributed by atoms with Gasteiger partial charge in [0.1, 0.15) is 6.61 Å². The number of hydrogen-bond acceptors (Lipinski definition) is 3. The molecule has 106 valence electrons. The topological polar surface area (TPSA) is 29.5 Å². The molecule has 1 fully saturated rings. The molecule has 0 radical (unpaired) electrons. The molecular weight excluding hydrogens is 250 g/mol. The number of esters is 1. The second-order valence-electron chi connectivity index (χ2n) is 5.76. The summed E-state index contributed by atoms with van der Waals surface area (Å²) in [5.74, 6) is 0.328. The molecule has 3 heteroatoms. The van der Waals surface area contributed by atoms with Crippen LogP contribution in [0.5, 0.6) is 0 Å². The van der Waals surface area contributed by atoms with E-state index in [4.69, 9.17) is 4.74 Å². The van der Waals surface area contributed by atoms with Crippen molar-refractivity contribution in [3.05, 3.63) is 48.0 Å². The molecule has 1 aromatic rings. The molecule has 0 amide bonds. The molecule has 1 heterocycles. The van der Waals surface area contributed by atoms with Gasteiger partial charge in [-0.1, -0.05) is 42.5 Å². The van der Waals surface area contributed by atoms with E-state index in [2.05, 4.69) is 48.2 Å². The van der Waals surface area contributed by atoms with Crippen molar-refractivity contribution in [2.45, 2.75) is 38.4 Å². The van der Waals surface area contributed by atoms with Crippen molar-refractivity contribution in [3.8, 4) is 0 Å². The SMILES string of the molecule is CC(=O)OC[C@H]1[C@@H]2C=C[C@@H](C2)N1[C@@H](C)c1ccccc1. The zero-order valence-electron chi connectivity index (χ0n) is 12.0. The van der Waals surface area contributed by atoms with Crippen LogP contribution in [0.4, 0.5) is 0 Å². The zero-order valence-corrected chi connectivity index (χ0v) is 12.0. The highest BCUT2D eigenvalue weighted by atomic mass is 16.5. The summed E-state index contributed by atoms with van der Waals surface area (Å²) in [6, 6.07) is 11.7. The minimum absolute atomic E-state index is 0.191. The molecule has 2 bridgehead atoms. The Hall–Kier alpha value is -1.61. The molecule has 20 heavy (non-hydrogen) atoms. The van der Waals surface area contributed by atoms with Gasteiger partial charge in [0.2, 0.25) is 0 Å². The Morgan fingerprint density at radius 1 is 1.35 bits per heavy atom. The molecule has 1 aromatic carbocycles. The second-order valence-corrected chi connectivity index (χ2v) is 5.76. The average molecular weight is 271 g/mol.